The van der Waals surface area contributed by atoms with Gasteiger partial charge in [0.15, 0.2) is 0 Å². The molecule has 9 N–H and O–H groups in total. The highest BCUT2D eigenvalue weighted by atomic mass is 19.4. The molecule has 53 heavy (non-hydrogen) atoms. The monoisotopic (exact) mass is 777 g/mol. The lowest BCUT2D eigenvalue weighted by molar-refractivity contribution is -0.193. The third-order valence-corrected chi connectivity index (χ3v) is 6.47. The number of carboxylic acids is 2. The molecule has 16 nitrogen and oxygen atoms in total. The van der Waals surface area contributed by atoms with Crippen LogP contribution in [0, 0.1) is 11.8 Å². The molecule has 1 aromatic rings. The van der Waals surface area contributed by atoms with E-state index in [0.29, 0.717) is 25.8 Å². The Morgan fingerprint density at radius 1 is 0.717 bits per heavy atom. The molecule has 1 aromatic carbocycles. The van der Waals surface area contributed by atoms with E-state index in [1.807, 2.05) is 13.8 Å². The summed E-state index contributed by atoms with van der Waals surface area (Å²) >= 11 is 0. The fraction of sp³-hybridized carbons (Fsp3) is 0.581. The topological polar surface area (TPSA) is 267 Å². The minimum atomic E-state index is -5.08. The molecule has 0 saturated carbocycles. The number of ether oxygens (including phenoxy) is 2. The lowest BCUT2D eigenvalue weighted by atomic mass is 9.99. The molecule has 0 aromatic heterocycles. The van der Waals surface area contributed by atoms with Crippen LogP contribution in [0.2, 0.25) is 0 Å². The molecule has 0 aliphatic rings. The number of anilines is 1. The van der Waals surface area contributed by atoms with Gasteiger partial charge in [-0.05, 0) is 62.3 Å². The van der Waals surface area contributed by atoms with Crippen molar-refractivity contribution in [1.29, 1.82) is 0 Å². The Kier molecular flexibility index (Phi) is 22.3. The number of esters is 2. The summed E-state index contributed by atoms with van der Waals surface area (Å²) in [5.74, 6) is -8.56. The number of hydrogen-bond donors (Lipinski definition) is 7. The predicted octanol–water partition coefficient (Wildman–Crippen LogP) is 2.59. The van der Waals surface area contributed by atoms with Crippen molar-refractivity contribution in [1.82, 2.24) is 10.6 Å². The van der Waals surface area contributed by atoms with E-state index in [0.717, 1.165) is 0 Å². The number of amides is 3. The highest BCUT2D eigenvalue weighted by molar-refractivity contribution is 6.02. The van der Waals surface area contributed by atoms with Gasteiger partial charge in [-0.3, -0.25) is 14.4 Å². The quantitative estimate of drug-likeness (QED) is 0.0768. The van der Waals surface area contributed by atoms with E-state index in [4.69, 9.17) is 40.7 Å². The second-order valence-electron chi connectivity index (χ2n) is 11.7. The molecule has 0 radical (unpaired) electrons. The number of rotatable bonds is 15. The SMILES string of the molecule is COC(=O)c1cc(NC(=O)[C@H](CCCCN)NC(=O)[C@H](CC(C)C)NC(=O)[C@H](N)C(C)C)cc(C(=O)OC)c1.O=C(O)C(F)(F)F.O=C(O)C(F)(F)F. The third kappa shape index (κ3) is 20.6. The van der Waals surface area contributed by atoms with Crippen LogP contribution in [0.4, 0.5) is 32.0 Å². The van der Waals surface area contributed by atoms with Crippen molar-refractivity contribution in [3.05, 3.63) is 29.3 Å². The number of nitrogens with one attached hydrogen (secondary N) is 3. The van der Waals surface area contributed by atoms with Crippen molar-refractivity contribution in [2.24, 2.45) is 23.3 Å². The Morgan fingerprint density at radius 3 is 1.47 bits per heavy atom. The van der Waals surface area contributed by atoms with E-state index < -0.39 is 72.1 Å². The molecule has 0 aliphatic carbocycles. The van der Waals surface area contributed by atoms with E-state index >= 15 is 0 Å². The van der Waals surface area contributed by atoms with Gasteiger partial charge in [0.05, 0.1) is 31.4 Å². The summed E-state index contributed by atoms with van der Waals surface area (Å²) in [6, 6.07) is 1.31. The van der Waals surface area contributed by atoms with Gasteiger partial charge >= 0.3 is 36.2 Å². The van der Waals surface area contributed by atoms with Gasteiger partial charge in [-0.1, -0.05) is 27.7 Å². The maximum atomic E-state index is 13.3. The summed E-state index contributed by atoms with van der Waals surface area (Å²) in [6.45, 7) is 7.84. The molecular weight excluding hydrogens is 732 g/mol. The van der Waals surface area contributed by atoms with Crippen molar-refractivity contribution in [3.8, 4) is 0 Å². The average Bonchev–Trinajstić information content (AvgIpc) is 3.05. The van der Waals surface area contributed by atoms with E-state index in [2.05, 4.69) is 16.0 Å². The lowest BCUT2D eigenvalue weighted by Gasteiger charge is -2.26. The minimum Gasteiger partial charge on any atom is -0.475 e. The summed E-state index contributed by atoms with van der Waals surface area (Å²) in [5.41, 5.74) is 11.8. The van der Waals surface area contributed by atoms with Crippen LogP contribution in [0.1, 0.15) is 74.1 Å². The van der Waals surface area contributed by atoms with Gasteiger partial charge in [-0.25, -0.2) is 19.2 Å². The van der Waals surface area contributed by atoms with Crippen LogP contribution in [-0.4, -0.2) is 103 Å². The molecule has 0 saturated heterocycles. The van der Waals surface area contributed by atoms with Crippen LogP contribution in [0.25, 0.3) is 0 Å². The Labute approximate surface area is 300 Å². The Hall–Kier alpha value is -4.99. The highest BCUT2D eigenvalue weighted by Crippen LogP contribution is 2.19. The summed E-state index contributed by atoms with van der Waals surface area (Å²) in [7, 11) is 2.38. The van der Waals surface area contributed by atoms with Gasteiger partial charge < -0.3 is 47.1 Å². The van der Waals surface area contributed by atoms with Crippen LogP contribution in [0.3, 0.4) is 0 Å². The van der Waals surface area contributed by atoms with Crippen LogP contribution in [0.5, 0.6) is 0 Å². The Balaban J connectivity index is 0. The van der Waals surface area contributed by atoms with Crippen molar-refractivity contribution in [2.45, 2.75) is 83.9 Å². The van der Waals surface area contributed by atoms with Crippen LogP contribution in [0.15, 0.2) is 18.2 Å². The molecule has 22 heteroatoms. The van der Waals surface area contributed by atoms with E-state index in [1.165, 1.54) is 32.4 Å². The molecule has 0 fully saturated rings. The van der Waals surface area contributed by atoms with E-state index in [1.54, 1.807) is 13.8 Å². The zero-order valence-electron chi connectivity index (χ0n) is 29.6. The zero-order chi connectivity index (χ0) is 41.9. The molecule has 1 rings (SSSR count). The molecule has 0 heterocycles. The minimum absolute atomic E-state index is 0.0284. The largest absolute Gasteiger partial charge is 0.490 e. The Bertz CT molecular complexity index is 1350. The smallest absolute Gasteiger partial charge is 0.475 e. The summed E-state index contributed by atoms with van der Waals surface area (Å²) in [4.78, 5) is 81.2. The van der Waals surface area contributed by atoms with Gasteiger partial charge in [0.2, 0.25) is 17.7 Å². The molecule has 302 valence electrons. The molecule has 3 amide bonds. The van der Waals surface area contributed by atoms with E-state index in [-0.39, 0.29) is 35.1 Å². The van der Waals surface area contributed by atoms with Crippen LogP contribution >= 0.6 is 0 Å². The number of aliphatic carboxylic acids is 2. The molecule has 0 bridgehead atoms. The summed E-state index contributed by atoms with van der Waals surface area (Å²) < 4.78 is 72.9. The average molecular weight is 778 g/mol. The number of carbonyl (C=O) groups is 7. The fourth-order valence-electron chi connectivity index (χ4n) is 3.71. The normalized spacial score (nSPS) is 12.8. The first-order valence-corrected chi connectivity index (χ1v) is 15.5. The summed E-state index contributed by atoms with van der Waals surface area (Å²) in [5, 5.41) is 22.4. The van der Waals surface area contributed by atoms with Gasteiger partial charge in [0.1, 0.15) is 12.1 Å². The molecule has 3 atom stereocenters. The van der Waals surface area contributed by atoms with Gasteiger partial charge in [-0.2, -0.15) is 26.3 Å². The molecule has 0 spiro atoms. The first-order valence-electron chi connectivity index (χ1n) is 15.5. The lowest BCUT2D eigenvalue weighted by Crippen LogP contribution is -2.56. The second kappa shape index (κ2) is 23.5. The van der Waals surface area contributed by atoms with Gasteiger partial charge in [-0.15, -0.1) is 0 Å². The fourth-order valence-corrected chi connectivity index (χ4v) is 3.71. The summed E-state index contributed by atoms with van der Waals surface area (Å²) in [6.07, 6.45) is -8.39. The maximum Gasteiger partial charge on any atom is 0.490 e. The van der Waals surface area contributed by atoms with E-state index in [9.17, 15) is 50.3 Å². The predicted molar refractivity (Wildman–Crippen MR) is 174 cm³/mol. The molecule has 0 unspecified atom stereocenters. The van der Waals surface area contributed by atoms with Crippen molar-refractivity contribution >= 4 is 47.3 Å². The zero-order valence-corrected chi connectivity index (χ0v) is 29.6. The number of unbranched alkanes of at least 4 members (excludes halogenated alkanes) is 1. The number of hydrogen-bond acceptors (Lipinski definition) is 11. The first-order chi connectivity index (χ1) is 24.2. The van der Waals surface area contributed by atoms with Gasteiger partial charge in [0, 0.05) is 5.69 Å². The third-order valence-electron chi connectivity index (χ3n) is 6.47. The number of methoxy groups -OCH3 is 2. The number of carboxylic acid groups (broad SMARTS) is 2. The number of nitrogens with two attached hydrogens (primary N) is 2. The number of benzene rings is 1. The first kappa shape index (κ1) is 50.1. The van der Waals surface area contributed by atoms with Crippen molar-refractivity contribution in [3.63, 3.8) is 0 Å². The number of alkyl halides is 6. The highest BCUT2D eigenvalue weighted by Gasteiger charge is 2.39. The van der Waals surface area contributed by atoms with Crippen molar-refractivity contribution < 1.29 is 79.6 Å². The van der Waals surface area contributed by atoms with Crippen molar-refractivity contribution in [2.75, 3.05) is 26.1 Å². The van der Waals surface area contributed by atoms with Gasteiger partial charge in [0.25, 0.3) is 0 Å². The Morgan fingerprint density at radius 2 is 1.13 bits per heavy atom. The maximum absolute atomic E-state index is 13.3. The molecular formula is C31H45F6N5O11. The standard InChI is InChI=1S/C27H43N5O7.2C2HF3O2/c1-15(2)11-21(32-25(35)22(29)16(3)4)24(34)31-20(9-7-8-10-28)23(33)30-19-13-17(26(36)38-5)12-18(14-19)27(37)39-6;2*3-2(4,5)1(6)7/h12-16,20-22H,7-11,28-29H2,1-6H3,(H,30,33)(H,31,34)(H,32,35);2*(H,6,7)/t20-,21-,22+;;/m0../s1. The number of halogens is 6. The van der Waals surface area contributed by atoms with Crippen LogP contribution in [-0.2, 0) is 33.4 Å². The van der Waals surface area contributed by atoms with Crippen LogP contribution < -0.4 is 27.4 Å². The second-order valence-corrected chi connectivity index (χ2v) is 11.7. The molecule has 0 aliphatic heterocycles. The number of carbonyl (C=O) groups excluding carboxylic acids is 5.